The van der Waals surface area contributed by atoms with Gasteiger partial charge in [-0.15, -0.1) is 0 Å². The molecule has 0 bridgehead atoms. The van der Waals surface area contributed by atoms with E-state index in [4.69, 9.17) is 0 Å². The predicted molar refractivity (Wildman–Crippen MR) is 76.3 cm³/mol. The van der Waals surface area contributed by atoms with Crippen molar-refractivity contribution in [1.82, 2.24) is 0 Å². The normalized spacial score (nSPS) is 21.6. The maximum atomic E-state index is 2.35. The lowest BCUT2D eigenvalue weighted by Gasteiger charge is -2.29. The fourth-order valence-corrected chi connectivity index (χ4v) is 3.12. The van der Waals surface area contributed by atoms with Crippen LogP contribution >= 0.6 is 0 Å². The zero-order chi connectivity index (χ0) is 12.3. The van der Waals surface area contributed by atoms with Crippen molar-refractivity contribution < 1.29 is 0 Å². The minimum atomic E-state index is 0.800. The van der Waals surface area contributed by atoms with E-state index in [2.05, 4.69) is 45.0 Å². The molecule has 1 aliphatic carbocycles. The number of rotatable bonds is 3. The van der Waals surface area contributed by atoms with E-state index in [0.29, 0.717) is 0 Å². The summed E-state index contributed by atoms with van der Waals surface area (Å²) in [4.78, 5) is 0. The van der Waals surface area contributed by atoms with E-state index >= 15 is 0 Å². The van der Waals surface area contributed by atoms with Gasteiger partial charge in [0.15, 0.2) is 0 Å². The van der Waals surface area contributed by atoms with Crippen molar-refractivity contribution in [1.29, 1.82) is 0 Å². The van der Waals surface area contributed by atoms with Crippen molar-refractivity contribution in [2.24, 2.45) is 0 Å². The maximum Gasteiger partial charge on any atom is -0.0153 e. The average Bonchev–Trinajstić information content (AvgIpc) is 2.36. The SMILES string of the molecule is C/C=C1/CCC(CCCC)c2cccc(C)c21. The van der Waals surface area contributed by atoms with Crippen molar-refractivity contribution in [2.45, 2.75) is 58.8 Å². The fraction of sp³-hybridized carbons (Fsp3) is 0.529. The zero-order valence-corrected chi connectivity index (χ0v) is 11.4. The molecule has 0 spiro atoms. The fourth-order valence-electron chi connectivity index (χ4n) is 3.12. The molecule has 0 heteroatoms. The number of allylic oxidation sites excluding steroid dienone is 2. The van der Waals surface area contributed by atoms with Crippen LogP contribution in [0.3, 0.4) is 0 Å². The summed E-state index contributed by atoms with van der Waals surface area (Å²) in [5.41, 5.74) is 6.18. The van der Waals surface area contributed by atoms with Gasteiger partial charge in [0.1, 0.15) is 0 Å². The van der Waals surface area contributed by atoms with Gasteiger partial charge in [0.05, 0.1) is 0 Å². The summed E-state index contributed by atoms with van der Waals surface area (Å²) in [6.07, 6.45) is 8.96. The highest BCUT2D eigenvalue weighted by molar-refractivity contribution is 5.73. The standard InChI is InChI=1S/C17H24/c1-4-6-9-15-12-11-14(5-2)17-13(3)8-7-10-16(15)17/h5,7-8,10,15H,4,6,9,11-12H2,1-3H3/b14-5-. The molecule has 92 valence electrons. The molecule has 0 aliphatic heterocycles. The molecule has 0 saturated heterocycles. The summed E-state index contributed by atoms with van der Waals surface area (Å²) in [6, 6.07) is 6.83. The third-order valence-electron chi connectivity index (χ3n) is 4.08. The third-order valence-corrected chi connectivity index (χ3v) is 4.08. The quantitative estimate of drug-likeness (QED) is 0.644. The first kappa shape index (κ1) is 12.4. The largest absolute Gasteiger partial charge is 0.0838 e. The van der Waals surface area contributed by atoms with E-state index in [9.17, 15) is 0 Å². The lowest BCUT2D eigenvalue weighted by atomic mass is 9.76. The number of aryl methyl sites for hydroxylation is 1. The summed E-state index contributed by atoms with van der Waals surface area (Å²) >= 11 is 0. The molecule has 0 saturated carbocycles. The molecule has 1 aromatic rings. The Kier molecular flexibility index (Phi) is 4.04. The monoisotopic (exact) mass is 228 g/mol. The lowest BCUT2D eigenvalue weighted by Crippen LogP contribution is -2.10. The Morgan fingerprint density at radius 3 is 2.88 bits per heavy atom. The summed E-state index contributed by atoms with van der Waals surface area (Å²) in [5, 5.41) is 0. The molecular formula is C17H24. The highest BCUT2D eigenvalue weighted by atomic mass is 14.3. The van der Waals surface area contributed by atoms with Gasteiger partial charge < -0.3 is 0 Å². The van der Waals surface area contributed by atoms with Crippen LogP contribution in [0.15, 0.2) is 24.3 Å². The van der Waals surface area contributed by atoms with Crippen LogP contribution in [0, 0.1) is 6.92 Å². The Morgan fingerprint density at radius 1 is 1.35 bits per heavy atom. The molecule has 0 radical (unpaired) electrons. The molecule has 0 heterocycles. The van der Waals surface area contributed by atoms with E-state index in [-0.39, 0.29) is 0 Å². The number of benzene rings is 1. The average molecular weight is 228 g/mol. The zero-order valence-electron chi connectivity index (χ0n) is 11.4. The summed E-state index contributed by atoms with van der Waals surface area (Å²) in [7, 11) is 0. The third kappa shape index (κ3) is 2.46. The van der Waals surface area contributed by atoms with E-state index in [0.717, 1.165) is 5.92 Å². The van der Waals surface area contributed by atoms with Crippen LogP contribution in [0.5, 0.6) is 0 Å². The van der Waals surface area contributed by atoms with Gasteiger partial charge in [-0.2, -0.15) is 0 Å². The molecular weight excluding hydrogens is 204 g/mol. The van der Waals surface area contributed by atoms with Crippen LogP contribution in [0.2, 0.25) is 0 Å². The molecule has 0 aromatic heterocycles. The summed E-state index contributed by atoms with van der Waals surface area (Å²) in [5.74, 6) is 0.800. The van der Waals surface area contributed by atoms with Gasteiger partial charge >= 0.3 is 0 Å². The first-order valence-electron chi connectivity index (χ1n) is 7.03. The van der Waals surface area contributed by atoms with Crippen LogP contribution in [-0.4, -0.2) is 0 Å². The Balaban J connectivity index is 2.37. The minimum absolute atomic E-state index is 0.800. The Bertz CT molecular complexity index is 412. The van der Waals surface area contributed by atoms with Crippen molar-refractivity contribution >= 4 is 5.57 Å². The summed E-state index contributed by atoms with van der Waals surface area (Å²) < 4.78 is 0. The molecule has 17 heavy (non-hydrogen) atoms. The van der Waals surface area contributed by atoms with Gasteiger partial charge in [0.25, 0.3) is 0 Å². The van der Waals surface area contributed by atoms with Crippen LogP contribution in [0.4, 0.5) is 0 Å². The molecule has 1 unspecified atom stereocenters. The summed E-state index contributed by atoms with van der Waals surface area (Å²) in [6.45, 7) is 6.72. The smallest absolute Gasteiger partial charge is 0.0153 e. The van der Waals surface area contributed by atoms with E-state index in [1.807, 2.05) is 0 Å². The Labute approximate surface area is 106 Å². The second-order valence-corrected chi connectivity index (χ2v) is 5.23. The first-order chi connectivity index (χ1) is 8.27. The van der Waals surface area contributed by atoms with E-state index in [1.54, 1.807) is 16.7 Å². The van der Waals surface area contributed by atoms with Crippen LogP contribution in [-0.2, 0) is 0 Å². The van der Waals surface area contributed by atoms with Gasteiger partial charge in [0.2, 0.25) is 0 Å². The number of fused-ring (bicyclic) bond motifs is 1. The topological polar surface area (TPSA) is 0 Å². The second-order valence-electron chi connectivity index (χ2n) is 5.23. The molecule has 0 fully saturated rings. The molecule has 0 amide bonds. The van der Waals surface area contributed by atoms with Gasteiger partial charge in [-0.3, -0.25) is 0 Å². The maximum absolute atomic E-state index is 2.35. The van der Waals surface area contributed by atoms with Gasteiger partial charge in [-0.05, 0) is 61.3 Å². The van der Waals surface area contributed by atoms with Gasteiger partial charge in [-0.25, -0.2) is 0 Å². The van der Waals surface area contributed by atoms with Gasteiger partial charge in [-0.1, -0.05) is 44.0 Å². The van der Waals surface area contributed by atoms with E-state index in [1.165, 1.54) is 37.7 Å². The predicted octanol–water partition coefficient (Wildman–Crippen LogP) is 5.47. The van der Waals surface area contributed by atoms with Crippen molar-refractivity contribution in [3.05, 3.63) is 41.0 Å². The van der Waals surface area contributed by atoms with Gasteiger partial charge in [0, 0.05) is 0 Å². The number of hydrogen-bond acceptors (Lipinski definition) is 0. The van der Waals surface area contributed by atoms with Crippen molar-refractivity contribution in [3.63, 3.8) is 0 Å². The first-order valence-corrected chi connectivity index (χ1v) is 7.03. The highest BCUT2D eigenvalue weighted by Gasteiger charge is 2.23. The molecule has 1 atom stereocenters. The molecule has 1 aliphatic rings. The van der Waals surface area contributed by atoms with Crippen LogP contribution in [0.1, 0.15) is 68.6 Å². The number of unbranched alkanes of at least 4 members (excludes halogenated alkanes) is 1. The van der Waals surface area contributed by atoms with E-state index < -0.39 is 0 Å². The minimum Gasteiger partial charge on any atom is -0.0838 e. The molecule has 0 nitrogen and oxygen atoms in total. The van der Waals surface area contributed by atoms with Crippen LogP contribution < -0.4 is 0 Å². The van der Waals surface area contributed by atoms with Crippen molar-refractivity contribution in [3.8, 4) is 0 Å². The highest BCUT2D eigenvalue weighted by Crippen LogP contribution is 2.41. The molecule has 1 aromatic carbocycles. The van der Waals surface area contributed by atoms with Crippen LogP contribution in [0.25, 0.3) is 5.57 Å². The number of hydrogen-bond donors (Lipinski definition) is 0. The molecule has 0 N–H and O–H groups in total. The second kappa shape index (κ2) is 5.53. The molecule has 2 rings (SSSR count). The Hall–Kier alpha value is -1.04. The Morgan fingerprint density at radius 2 is 2.18 bits per heavy atom. The lowest BCUT2D eigenvalue weighted by molar-refractivity contribution is 0.543. The van der Waals surface area contributed by atoms with Crippen molar-refractivity contribution in [2.75, 3.05) is 0 Å².